The Morgan fingerprint density at radius 2 is 1.59 bits per heavy atom. The second kappa shape index (κ2) is 8.20. The zero-order valence-corrected chi connectivity index (χ0v) is 13.1. The SMILES string of the molecule is CN(C)C(CNC(=O)Nc1ccccc1)Cc1ccccc1. The van der Waals surface area contributed by atoms with E-state index < -0.39 is 0 Å². The van der Waals surface area contributed by atoms with E-state index in [1.807, 2.05) is 62.6 Å². The van der Waals surface area contributed by atoms with Gasteiger partial charge < -0.3 is 15.5 Å². The molecule has 0 saturated heterocycles. The minimum atomic E-state index is -0.175. The first-order valence-electron chi connectivity index (χ1n) is 7.45. The number of nitrogens with one attached hydrogen (secondary N) is 2. The van der Waals surface area contributed by atoms with E-state index in [9.17, 15) is 4.79 Å². The summed E-state index contributed by atoms with van der Waals surface area (Å²) in [7, 11) is 4.06. The summed E-state index contributed by atoms with van der Waals surface area (Å²) in [6.07, 6.45) is 0.902. The van der Waals surface area contributed by atoms with Gasteiger partial charge in [0.25, 0.3) is 0 Å². The molecule has 1 atom stereocenters. The Balaban J connectivity index is 1.85. The van der Waals surface area contributed by atoms with Crippen molar-refractivity contribution in [2.75, 3.05) is 26.0 Å². The molecule has 0 spiro atoms. The first kappa shape index (κ1) is 16.0. The third kappa shape index (κ3) is 5.22. The van der Waals surface area contributed by atoms with Crippen molar-refractivity contribution < 1.29 is 4.79 Å². The molecule has 116 valence electrons. The molecule has 1 unspecified atom stereocenters. The molecule has 4 nitrogen and oxygen atoms in total. The summed E-state index contributed by atoms with van der Waals surface area (Å²) in [6.45, 7) is 0.598. The van der Waals surface area contributed by atoms with Crippen molar-refractivity contribution in [3.8, 4) is 0 Å². The van der Waals surface area contributed by atoms with Crippen LogP contribution in [0.25, 0.3) is 0 Å². The summed E-state index contributed by atoms with van der Waals surface area (Å²) in [4.78, 5) is 14.1. The van der Waals surface area contributed by atoms with Crippen LogP contribution in [0.2, 0.25) is 0 Å². The van der Waals surface area contributed by atoms with Crippen LogP contribution in [-0.4, -0.2) is 37.6 Å². The van der Waals surface area contributed by atoms with Crippen LogP contribution in [0.15, 0.2) is 60.7 Å². The average molecular weight is 297 g/mol. The van der Waals surface area contributed by atoms with Crippen molar-refractivity contribution in [2.24, 2.45) is 0 Å². The summed E-state index contributed by atoms with van der Waals surface area (Å²) in [6, 6.07) is 19.8. The summed E-state index contributed by atoms with van der Waals surface area (Å²) in [5, 5.41) is 5.77. The Kier molecular flexibility index (Phi) is 5.98. The maximum atomic E-state index is 12.0. The molecule has 0 aliphatic heterocycles. The number of likely N-dealkylation sites (N-methyl/N-ethyl adjacent to an activating group) is 1. The Labute approximate surface area is 132 Å². The molecule has 2 N–H and O–H groups in total. The lowest BCUT2D eigenvalue weighted by Crippen LogP contribution is -2.43. The Bertz CT molecular complexity index is 569. The van der Waals surface area contributed by atoms with Crippen molar-refractivity contribution >= 4 is 11.7 Å². The third-order valence-corrected chi connectivity index (χ3v) is 3.57. The first-order valence-corrected chi connectivity index (χ1v) is 7.45. The van der Waals surface area contributed by atoms with Crippen LogP contribution >= 0.6 is 0 Å². The fraction of sp³-hybridized carbons (Fsp3) is 0.278. The van der Waals surface area contributed by atoms with E-state index in [2.05, 4.69) is 27.7 Å². The summed E-state index contributed by atoms with van der Waals surface area (Å²) < 4.78 is 0. The standard InChI is InChI=1S/C18H23N3O/c1-21(2)17(13-15-9-5-3-6-10-15)14-19-18(22)20-16-11-7-4-8-12-16/h3-12,17H,13-14H2,1-2H3,(H2,19,20,22). The van der Waals surface area contributed by atoms with Gasteiger partial charge in [0, 0.05) is 18.3 Å². The van der Waals surface area contributed by atoms with E-state index in [1.165, 1.54) is 5.56 Å². The van der Waals surface area contributed by atoms with Gasteiger partial charge in [0.1, 0.15) is 0 Å². The highest BCUT2D eigenvalue weighted by Gasteiger charge is 2.13. The van der Waals surface area contributed by atoms with Gasteiger partial charge in [-0.15, -0.1) is 0 Å². The molecule has 22 heavy (non-hydrogen) atoms. The molecule has 0 heterocycles. The number of carbonyl (C=O) groups excluding carboxylic acids is 1. The smallest absolute Gasteiger partial charge is 0.319 e. The topological polar surface area (TPSA) is 44.4 Å². The van der Waals surface area contributed by atoms with Crippen LogP contribution in [0.4, 0.5) is 10.5 Å². The molecule has 2 aromatic rings. The Hall–Kier alpha value is -2.33. The number of carbonyl (C=O) groups is 1. The van der Waals surface area contributed by atoms with Crippen LogP contribution in [0, 0.1) is 0 Å². The fourth-order valence-electron chi connectivity index (χ4n) is 2.23. The number of benzene rings is 2. The summed E-state index contributed by atoms with van der Waals surface area (Å²) in [5.41, 5.74) is 2.07. The van der Waals surface area contributed by atoms with Crippen LogP contribution < -0.4 is 10.6 Å². The largest absolute Gasteiger partial charge is 0.336 e. The van der Waals surface area contributed by atoms with Crippen LogP contribution in [0.3, 0.4) is 0 Å². The van der Waals surface area contributed by atoms with Gasteiger partial charge in [0.15, 0.2) is 0 Å². The lowest BCUT2D eigenvalue weighted by Gasteiger charge is -2.24. The van der Waals surface area contributed by atoms with Gasteiger partial charge in [0.2, 0.25) is 0 Å². The molecule has 0 bridgehead atoms. The highest BCUT2D eigenvalue weighted by atomic mass is 16.2. The quantitative estimate of drug-likeness (QED) is 0.861. The molecule has 2 aromatic carbocycles. The minimum absolute atomic E-state index is 0.175. The molecule has 0 aliphatic carbocycles. The van der Waals surface area contributed by atoms with E-state index >= 15 is 0 Å². The van der Waals surface area contributed by atoms with E-state index in [-0.39, 0.29) is 12.1 Å². The number of hydrogen-bond donors (Lipinski definition) is 2. The summed E-state index contributed by atoms with van der Waals surface area (Å²) >= 11 is 0. The van der Waals surface area contributed by atoms with Crippen LogP contribution in [-0.2, 0) is 6.42 Å². The fourth-order valence-corrected chi connectivity index (χ4v) is 2.23. The van der Waals surface area contributed by atoms with Crippen molar-refractivity contribution in [3.05, 3.63) is 66.2 Å². The predicted molar refractivity (Wildman–Crippen MR) is 91.1 cm³/mol. The van der Waals surface area contributed by atoms with Gasteiger partial charge in [-0.2, -0.15) is 0 Å². The van der Waals surface area contributed by atoms with Crippen molar-refractivity contribution in [3.63, 3.8) is 0 Å². The van der Waals surface area contributed by atoms with Crippen molar-refractivity contribution in [1.82, 2.24) is 10.2 Å². The van der Waals surface area contributed by atoms with E-state index in [0.29, 0.717) is 6.54 Å². The van der Waals surface area contributed by atoms with Crippen molar-refractivity contribution in [2.45, 2.75) is 12.5 Å². The first-order chi connectivity index (χ1) is 10.6. The number of para-hydroxylation sites is 1. The van der Waals surface area contributed by atoms with Crippen molar-refractivity contribution in [1.29, 1.82) is 0 Å². The average Bonchev–Trinajstić information content (AvgIpc) is 2.53. The van der Waals surface area contributed by atoms with Gasteiger partial charge >= 0.3 is 6.03 Å². The van der Waals surface area contributed by atoms with Gasteiger partial charge in [-0.3, -0.25) is 0 Å². The number of hydrogen-bond acceptors (Lipinski definition) is 2. The molecule has 2 amide bonds. The maximum absolute atomic E-state index is 12.0. The number of nitrogens with zero attached hydrogens (tertiary/aromatic N) is 1. The van der Waals surface area contributed by atoms with Gasteiger partial charge in [-0.05, 0) is 38.2 Å². The molecular weight excluding hydrogens is 274 g/mol. The molecule has 0 radical (unpaired) electrons. The number of rotatable bonds is 6. The highest BCUT2D eigenvalue weighted by molar-refractivity contribution is 5.89. The molecule has 0 aromatic heterocycles. The maximum Gasteiger partial charge on any atom is 0.319 e. The Morgan fingerprint density at radius 1 is 1.00 bits per heavy atom. The van der Waals surface area contributed by atoms with Gasteiger partial charge in [0.05, 0.1) is 0 Å². The molecular formula is C18H23N3O. The van der Waals surface area contributed by atoms with Crippen LogP contribution in [0.5, 0.6) is 0 Å². The third-order valence-electron chi connectivity index (χ3n) is 3.57. The number of anilines is 1. The highest BCUT2D eigenvalue weighted by Crippen LogP contribution is 2.07. The van der Waals surface area contributed by atoms with Gasteiger partial charge in [-0.25, -0.2) is 4.79 Å². The van der Waals surface area contributed by atoms with Gasteiger partial charge in [-0.1, -0.05) is 48.5 Å². The molecule has 0 saturated carbocycles. The molecule has 4 heteroatoms. The molecule has 0 fully saturated rings. The normalized spacial score (nSPS) is 12.0. The summed E-state index contributed by atoms with van der Waals surface area (Å²) in [5.74, 6) is 0. The second-order valence-corrected chi connectivity index (χ2v) is 5.51. The molecule has 2 rings (SSSR count). The number of urea groups is 1. The Morgan fingerprint density at radius 3 is 2.18 bits per heavy atom. The van der Waals surface area contributed by atoms with Crippen LogP contribution in [0.1, 0.15) is 5.56 Å². The zero-order chi connectivity index (χ0) is 15.8. The van der Waals surface area contributed by atoms with E-state index in [0.717, 1.165) is 12.1 Å². The van der Waals surface area contributed by atoms with E-state index in [4.69, 9.17) is 0 Å². The minimum Gasteiger partial charge on any atom is -0.336 e. The zero-order valence-electron chi connectivity index (χ0n) is 13.1. The molecule has 0 aliphatic rings. The monoisotopic (exact) mass is 297 g/mol. The predicted octanol–water partition coefficient (Wildman–Crippen LogP) is 2.98. The lowest BCUT2D eigenvalue weighted by atomic mass is 10.1. The second-order valence-electron chi connectivity index (χ2n) is 5.51. The number of amides is 2. The lowest BCUT2D eigenvalue weighted by molar-refractivity contribution is 0.242. The van der Waals surface area contributed by atoms with E-state index in [1.54, 1.807) is 0 Å².